The maximum Gasteiger partial charge on any atom is 0.253 e. The van der Waals surface area contributed by atoms with Crippen LogP contribution in [-0.2, 0) is 23.1 Å². The van der Waals surface area contributed by atoms with E-state index in [1.54, 1.807) is 17.0 Å². The van der Waals surface area contributed by atoms with Crippen LogP contribution in [0, 0.1) is 6.92 Å². The van der Waals surface area contributed by atoms with E-state index in [1.807, 2.05) is 36.4 Å². The highest BCUT2D eigenvalue weighted by molar-refractivity contribution is 7.89. The van der Waals surface area contributed by atoms with Crippen molar-refractivity contribution in [1.29, 1.82) is 0 Å². The topological polar surface area (TPSA) is 69.7 Å². The minimum atomic E-state index is -3.72. The number of benzene rings is 3. The molecule has 0 aliphatic carbocycles. The van der Waals surface area contributed by atoms with Gasteiger partial charge < -0.3 is 4.90 Å². The molecule has 1 N–H and O–H groups in total. The zero-order chi connectivity index (χ0) is 23.3. The Kier molecular flexibility index (Phi) is 7.23. The zero-order valence-electron chi connectivity index (χ0n) is 18.8. The molecule has 0 bridgehead atoms. The number of hydrogen-bond donors (Lipinski definition) is 1. The normalized spacial score (nSPS) is 14.9. The average molecular weight is 464 g/mol. The molecule has 1 heterocycles. The minimum Gasteiger partial charge on any atom is -0.336 e. The third kappa shape index (κ3) is 5.87. The Morgan fingerprint density at radius 1 is 0.879 bits per heavy atom. The molecular weight excluding hydrogens is 434 g/mol. The van der Waals surface area contributed by atoms with E-state index < -0.39 is 10.0 Å². The lowest BCUT2D eigenvalue weighted by molar-refractivity contribution is 0.0628. The Hall–Kier alpha value is -3.00. The van der Waals surface area contributed by atoms with Gasteiger partial charge in [0.2, 0.25) is 10.0 Å². The Morgan fingerprint density at radius 2 is 1.58 bits per heavy atom. The smallest absolute Gasteiger partial charge is 0.253 e. The predicted octanol–water partition coefficient (Wildman–Crippen LogP) is 3.43. The summed E-state index contributed by atoms with van der Waals surface area (Å²) in [6.45, 7) is 6.00. The molecule has 1 amide bonds. The molecule has 1 aliphatic heterocycles. The maximum absolute atomic E-state index is 13.1. The summed E-state index contributed by atoms with van der Waals surface area (Å²) in [5.41, 5.74) is 3.84. The van der Waals surface area contributed by atoms with Crippen molar-refractivity contribution < 1.29 is 13.2 Å². The zero-order valence-corrected chi connectivity index (χ0v) is 19.6. The number of hydrogen-bond acceptors (Lipinski definition) is 4. The fourth-order valence-electron chi connectivity index (χ4n) is 3.97. The maximum atomic E-state index is 13.1. The largest absolute Gasteiger partial charge is 0.336 e. The Balaban J connectivity index is 1.37. The van der Waals surface area contributed by atoms with Gasteiger partial charge in [-0.05, 0) is 41.8 Å². The van der Waals surface area contributed by atoms with Crippen LogP contribution in [0.1, 0.15) is 27.0 Å². The first-order valence-corrected chi connectivity index (χ1v) is 12.6. The van der Waals surface area contributed by atoms with Crippen LogP contribution in [0.4, 0.5) is 0 Å². The van der Waals surface area contributed by atoms with Gasteiger partial charge >= 0.3 is 0 Å². The van der Waals surface area contributed by atoms with Crippen LogP contribution >= 0.6 is 0 Å². The molecule has 3 aromatic rings. The molecule has 0 radical (unpaired) electrons. The van der Waals surface area contributed by atoms with Crippen LogP contribution in [-0.4, -0.2) is 50.3 Å². The molecular formula is C26H29N3O3S. The summed E-state index contributed by atoms with van der Waals surface area (Å²) in [5, 5.41) is 0. The lowest BCUT2D eigenvalue weighted by Gasteiger charge is -2.35. The first-order chi connectivity index (χ1) is 15.9. The highest BCUT2D eigenvalue weighted by Gasteiger charge is 2.24. The molecule has 0 unspecified atom stereocenters. The van der Waals surface area contributed by atoms with Gasteiger partial charge in [0.05, 0.1) is 4.90 Å². The van der Waals surface area contributed by atoms with E-state index in [-0.39, 0.29) is 17.3 Å². The molecule has 0 saturated carbocycles. The summed E-state index contributed by atoms with van der Waals surface area (Å²) < 4.78 is 28.1. The molecule has 172 valence electrons. The monoisotopic (exact) mass is 463 g/mol. The SMILES string of the molecule is Cc1ccccc1CN1CCN(C(=O)c2cccc(S(=O)(=O)NCc3ccccc3)c2)CC1. The second-order valence-electron chi connectivity index (χ2n) is 8.33. The van der Waals surface area contributed by atoms with Gasteiger partial charge in [-0.3, -0.25) is 9.69 Å². The van der Waals surface area contributed by atoms with Crippen LogP contribution in [0.2, 0.25) is 0 Å². The number of amides is 1. The average Bonchev–Trinajstić information content (AvgIpc) is 2.85. The van der Waals surface area contributed by atoms with Crippen molar-refractivity contribution in [1.82, 2.24) is 14.5 Å². The second-order valence-corrected chi connectivity index (χ2v) is 10.1. The Labute approximate surface area is 195 Å². The number of aryl methyl sites for hydroxylation is 1. The molecule has 7 heteroatoms. The predicted molar refractivity (Wildman–Crippen MR) is 129 cm³/mol. The van der Waals surface area contributed by atoms with Crippen molar-refractivity contribution in [2.24, 2.45) is 0 Å². The van der Waals surface area contributed by atoms with Crippen molar-refractivity contribution in [3.63, 3.8) is 0 Å². The summed E-state index contributed by atoms with van der Waals surface area (Å²) in [5.74, 6) is -0.134. The number of nitrogens with zero attached hydrogens (tertiary/aromatic N) is 2. The number of nitrogens with one attached hydrogen (secondary N) is 1. The van der Waals surface area contributed by atoms with E-state index in [0.717, 1.165) is 25.2 Å². The molecule has 33 heavy (non-hydrogen) atoms. The van der Waals surface area contributed by atoms with Gasteiger partial charge in [0, 0.05) is 44.8 Å². The quantitative estimate of drug-likeness (QED) is 0.583. The fraction of sp³-hybridized carbons (Fsp3) is 0.269. The lowest BCUT2D eigenvalue weighted by Crippen LogP contribution is -2.48. The van der Waals surface area contributed by atoms with Gasteiger partial charge in [0.25, 0.3) is 5.91 Å². The molecule has 6 nitrogen and oxygen atoms in total. The van der Waals surface area contributed by atoms with E-state index in [2.05, 4.69) is 34.7 Å². The van der Waals surface area contributed by atoms with Gasteiger partial charge in [-0.15, -0.1) is 0 Å². The number of carbonyl (C=O) groups excluding carboxylic acids is 1. The van der Waals surface area contributed by atoms with E-state index >= 15 is 0 Å². The van der Waals surface area contributed by atoms with Crippen LogP contribution < -0.4 is 4.72 Å². The molecule has 3 aromatic carbocycles. The number of sulfonamides is 1. The summed E-state index contributed by atoms with van der Waals surface area (Å²) in [6.07, 6.45) is 0. The fourth-order valence-corrected chi connectivity index (χ4v) is 5.04. The highest BCUT2D eigenvalue weighted by Crippen LogP contribution is 2.17. The molecule has 4 rings (SSSR count). The van der Waals surface area contributed by atoms with Crippen molar-refractivity contribution >= 4 is 15.9 Å². The van der Waals surface area contributed by atoms with Crippen molar-refractivity contribution in [3.05, 3.63) is 101 Å². The van der Waals surface area contributed by atoms with E-state index in [0.29, 0.717) is 18.7 Å². The van der Waals surface area contributed by atoms with Crippen molar-refractivity contribution in [2.45, 2.75) is 24.9 Å². The van der Waals surface area contributed by atoms with Gasteiger partial charge in [0.1, 0.15) is 0 Å². The van der Waals surface area contributed by atoms with Gasteiger partial charge in [0.15, 0.2) is 0 Å². The van der Waals surface area contributed by atoms with E-state index in [9.17, 15) is 13.2 Å². The molecule has 0 aromatic heterocycles. The van der Waals surface area contributed by atoms with E-state index in [1.165, 1.54) is 23.3 Å². The van der Waals surface area contributed by atoms with Crippen LogP contribution in [0.15, 0.2) is 83.8 Å². The molecule has 1 aliphatic rings. The van der Waals surface area contributed by atoms with Crippen LogP contribution in [0.5, 0.6) is 0 Å². The third-order valence-electron chi connectivity index (χ3n) is 6.02. The molecule has 0 spiro atoms. The standard InChI is InChI=1S/C26H29N3O3S/c1-21-8-5-6-11-24(21)20-28-14-16-29(17-15-28)26(30)23-12-7-13-25(18-23)33(31,32)27-19-22-9-3-2-4-10-22/h2-13,18,27H,14-17,19-20H2,1H3. The summed E-state index contributed by atoms with van der Waals surface area (Å²) in [4.78, 5) is 17.3. The first-order valence-electron chi connectivity index (χ1n) is 11.1. The second kappa shape index (κ2) is 10.3. The molecule has 1 saturated heterocycles. The van der Waals surface area contributed by atoms with Crippen molar-refractivity contribution in [2.75, 3.05) is 26.2 Å². The van der Waals surface area contributed by atoms with Crippen molar-refractivity contribution in [3.8, 4) is 0 Å². The summed E-state index contributed by atoms with van der Waals surface area (Å²) in [6, 6.07) is 24.0. The minimum absolute atomic E-state index is 0.0995. The highest BCUT2D eigenvalue weighted by atomic mass is 32.2. The first kappa shape index (κ1) is 23.2. The number of rotatable bonds is 7. The van der Waals surface area contributed by atoms with Crippen LogP contribution in [0.25, 0.3) is 0 Å². The van der Waals surface area contributed by atoms with Gasteiger partial charge in [-0.25, -0.2) is 13.1 Å². The van der Waals surface area contributed by atoms with Gasteiger partial charge in [-0.2, -0.15) is 0 Å². The number of carbonyl (C=O) groups is 1. The molecule has 1 fully saturated rings. The third-order valence-corrected chi connectivity index (χ3v) is 7.41. The van der Waals surface area contributed by atoms with E-state index in [4.69, 9.17) is 0 Å². The lowest BCUT2D eigenvalue weighted by atomic mass is 10.1. The van der Waals surface area contributed by atoms with Crippen LogP contribution in [0.3, 0.4) is 0 Å². The number of piperazine rings is 1. The summed E-state index contributed by atoms with van der Waals surface area (Å²) in [7, 11) is -3.72. The Morgan fingerprint density at radius 3 is 2.30 bits per heavy atom. The Bertz CT molecular complexity index is 1200. The van der Waals surface area contributed by atoms with Gasteiger partial charge in [-0.1, -0.05) is 60.7 Å². The molecule has 0 atom stereocenters. The summed E-state index contributed by atoms with van der Waals surface area (Å²) >= 11 is 0.